The van der Waals surface area contributed by atoms with Gasteiger partial charge in [0, 0.05) is 62.9 Å². The first-order chi connectivity index (χ1) is 17.1. The maximum atomic E-state index is 10.9. The Morgan fingerprint density at radius 3 is 2.03 bits per heavy atom. The van der Waals surface area contributed by atoms with Crippen LogP contribution in [0.5, 0.6) is 0 Å². The van der Waals surface area contributed by atoms with Gasteiger partial charge in [-0.1, -0.05) is 78.6 Å². The number of hydrogen-bond donors (Lipinski definition) is 0. The second kappa shape index (κ2) is 16.1. The number of fused-ring (bicyclic) bond motifs is 1. The van der Waals surface area contributed by atoms with E-state index in [1.54, 1.807) is 14.2 Å². The van der Waals surface area contributed by atoms with E-state index >= 15 is 0 Å². The van der Waals surface area contributed by atoms with Crippen LogP contribution in [0.4, 0.5) is 5.69 Å². The van der Waals surface area contributed by atoms with Gasteiger partial charge in [-0.3, -0.25) is 4.79 Å². The molecule has 2 aromatic heterocycles. The van der Waals surface area contributed by atoms with Crippen molar-refractivity contribution in [2.75, 3.05) is 32.2 Å². The Kier molecular flexibility index (Phi) is 14.0. The van der Waals surface area contributed by atoms with Gasteiger partial charge in [0.05, 0.1) is 0 Å². The zero-order chi connectivity index (χ0) is 26.3. The number of pyridine rings is 1. The van der Waals surface area contributed by atoms with Gasteiger partial charge in [0.15, 0.2) is 0 Å². The van der Waals surface area contributed by atoms with Crippen molar-refractivity contribution in [2.45, 2.75) is 73.8 Å². The zero-order valence-electron chi connectivity index (χ0n) is 23.3. The van der Waals surface area contributed by atoms with Gasteiger partial charge in [0.1, 0.15) is 11.9 Å². The van der Waals surface area contributed by atoms with Crippen LogP contribution in [0.1, 0.15) is 83.1 Å². The van der Waals surface area contributed by atoms with E-state index in [-0.39, 0.29) is 0 Å². The summed E-state index contributed by atoms with van der Waals surface area (Å²) in [7, 11) is 3.25. The van der Waals surface area contributed by atoms with E-state index in [9.17, 15) is 4.79 Å². The number of methoxy groups -OCH3 is 1. The number of anilines is 1. The predicted molar refractivity (Wildman–Crippen MR) is 151 cm³/mol. The van der Waals surface area contributed by atoms with Crippen LogP contribution in [0.25, 0.3) is 11.0 Å². The van der Waals surface area contributed by atoms with Crippen LogP contribution in [-0.2, 0) is 11.3 Å². The molecule has 1 aromatic carbocycles. The van der Waals surface area contributed by atoms with Crippen molar-refractivity contribution in [3.63, 3.8) is 0 Å². The van der Waals surface area contributed by atoms with E-state index < -0.39 is 0 Å². The van der Waals surface area contributed by atoms with E-state index in [4.69, 9.17) is 0 Å². The van der Waals surface area contributed by atoms with Gasteiger partial charge >= 0.3 is 0 Å². The van der Waals surface area contributed by atoms with E-state index in [1.807, 2.05) is 58.2 Å². The molecule has 0 unspecified atom stereocenters. The third-order valence-electron chi connectivity index (χ3n) is 6.77. The molecule has 5 nitrogen and oxygen atoms in total. The largest absolute Gasteiger partial charge is 0.388 e. The molecule has 1 aliphatic rings. The number of rotatable bonds is 6. The second-order valence-electron chi connectivity index (χ2n) is 8.47. The van der Waals surface area contributed by atoms with Crippen molar-refractivity contribution >= 4 is 23.0 Å². The fourth-order valence-electron chi connectivity index (χ4n) is 4.56. The first-order valence-corrected chi connectivity index (χ1v) is 13.2. The number of hydrogen-bond acceptors (Lipinski definition) is 4. The van der Waals surface area contributed by atoms with E-state index in [0.29, 0.717) is 11.0 Å². The fraction of sp³-hybridized carbons (Fsp3) is 0.533. The number of aldehydes is 1. The lowest BCUT2D eigenvalue weighted by atomic mass is 9.74. The monoisotopic (exact) mass is 481 g/mol. The number of nitrogens with zero attached hydrogens (tertiary/aromatic N) is 3. The Morgan fingerprint density at radius 2 is 1.51 bits per heavy atom. The molecule has 4 rings (SSSR count). The summed E-state index contributed by atoms with van der Waals surface area (Å²) in [5, 5.41) is 1.23. The maximum Gasteiger partial charge on any atom is 0.150 e. The van der Waals surface area contributed by atoms with Crippen LogP contribution in [-0.4, -0.2) is 43.1 Å². The Bertz CT molecular complexity index is 965. The molecule has 1 saturated heterocycles. The average Bonchev–Trinajstić information content (AvgIpc) is 3.35. The van der Waals surface area contributed by atoms with Crippen LogP contribution in [0.3, 0.4) is 0 Å². The fourth-order valence-corrected chi connectivity index (χ4v) is 4.56. The zero-order valence-corrected chi connectivity index (χ0v) is 23.3. The molecule has 0 aliphatic carbocycles. The average molecular weight is 482 g/mol. The van der Waals surface area contributed by atoms with Gasteiger partial charge in [-0.15, -0.1) is 0 Å². The molecule has 0 bridgehead atoms. The molecule has 5 heteroatoms. The molecule has 1 fully saturated rings. The first kappa shape index (κ1) is 30.4. The molecular weight excluding hydrogens is 434 g/mol. The lowest BCUT2D eigenvalue weighted by molar-refractivity contribution is 0.112. The van der Waals surface area contributed by atoms with Gasteiger partial charge in [-0.25, -0.2) is 4.98 Å². The minimum atomic E-state index is 0.530. The summed E-state index contributed by atoms with van der Waals surface area (Å²) < 4.78 is 6.45. The minimum absolute atomic E-state index is 0.530. The van der Waals surface area contributed by atoms with Gasteiger partial charge in [-0.05, 0) is 36.0 Å². The molecular formula is C30H47N3O2. The lowest BCUT2D eigenvalue weighted by Crippen LogP contribution is -2.39. The van der Waals surface area contributed by atoms with Crippen molar-refractivity contribution in [2.24, 2.45) is 5.41 Å². The van der Waals surface area contributed by atoms with Crippen LogP contribution >= 0.6 is 0 Å². The number of piperidine rings is 1. The third-order valence-corrected chi connectivity index (χ3v) is 6.77. The predicted octanol–water partition coefficient (Wildman–Crippen LogP) is 7.62. The number of carbonyl (C=O) groups is 1. The van der Waals surface area contributed by atoms with E-state index in [0.717, 1.165) is 31.6 Å². The van der Waals surface area contributed by atoms with Crippen molar-refractivity contribution in [1.29, 1.82) is 0 Å². The highest BCUT2D eigenvalue weighted by Gasteiger charge is 2.31. The molecule has 0 amide bonds. The van der Waals surface area contributed by atoms with Crippen molar-refractivity contribution in [3.05, 3.63) is 59.9 Å². The molecule has 3 aromatic rings. The number of ether oxygens (including phenoxy) is 1. The van der Waals surface area contributed by atoms with Crippen LogP contribution in [0, 0.1) is 5.41 Å². The Balaban J connectivity index is 0.000000797. The molecule has 0 spiro atoms. The molecule has 194 valence electrons. The molecule has 3 heterocycles. The summed E-state index contributed by atoms with van der Waals surface area (Å²) in [6.07, 6.45) is 10.0. The molecule has 1 aliphatic heterocycles. The summed E-state index contributed by atoms with van der Waals surface area (Å²) in [6.45, 7) is 15.7. The lowest BCUT2D eigenvalue weighted by Gasteiger charge is -2.42. The molecule has 35 heavy (non-hydrogen) atoms. The Hall–Kier alpha value is -2.66. The maximum absolute atomic E-state index is 10.9. The molecule has 0 N–H and O–H groups in total. The summed E-state index contributed by atoms with van der Waals surface area (Å²) >= 11 is 0. The van der Waals surface area contributed by atoms with Gasteiger partial charge in [-0.2, -0.15) is 0 Å². The van der Waals surface area contributed by atoms with Gasteiger partial charge < -0.3 is 14.2 Å². The SMILES string of the molecule is CC.CC.CCC1(CC)CCN(c2ccnc3c2ccn3Cc2ccc(C=O)cc2)CC1.COC. The first-order valence-electron chi connectivity index (χ1n) is 13.2. The second-order valence-corrected chi connectivity index (χ2v) is 8.47. The van der Waals surface area contributed by atoms with Crippen molar-refractivity contribution in [1.82, 2.24) is 9.55 Å². The Labute approximate surface area is 213 Å². The molecule has 0 saturated carbocycles. The standard InChI is InChI=1S/C24H29N3O.C2H6O.2C2H6/c1-3-24(4-2)11-15-26(16-12-24)22-9-13-25-23-21(22)10-14-27(23)17-19-5-7-20(18-28)8-6-19;1-3-2;2*1-2/h5-10,13-14,18H,3-4,11-12,15-17H2,1-2H3;1-2H3;2*1-2H3. The highest BCUT2D eigenvalue weighted by Crippen LogP contribution is 2.40. The molecule has 0 atom stereocenters. The number of carbonyl (C=O) groups excluding carboxylic acids is 1. The van der Waals surface area contributed by atoms with Gasteiger partial charge in [0.25, 0.3) is 0 Å². The third kappa shape index (κ3) is 7.93. The quantitative estimate of drug-likeness (QED) is 0.340. The summed E-state index contributed by atoms with van der Waals surface area (Å²) in [5.41, 5.74) is 4.74. The smallest absolute Gasteiger partial charge is 0.150 e. The summed E-state index contributed by atoms with van der Waals surface area (Å²) in [6, 6.07) is 12.1. The number of aromatic nitrogens is 2. The normalized spacial score (nSPS) is 14.0. The van der Waals surface area contributed by atoms with Crippen LogP contribution in [0.15, 0.2) is 48.8 Å². The number of benzene rings is 1. The highest BCUT2D eigenvalue weighted by atomic mass is 16.4. The van der Waals surface area contributed by atoms with Crippen LogP contribution in [0.2, 0.25) is 0 Å². The summed E-state index contributed by atoms with van der Waals surface area (Å²) in [4.78, 5) is 18.1. The van der Waals surface area contributed by atoms with E-state index in [2.05, 4.69) is 51.4 Å². The highest BCUT2D eigenvalue weighted by molar-refractivity contribution is 5.90. The Morgan fingerprint density at radius 1 is 0.943 bits per heavy atom. The van der Waals surface area contributed by atoms with Gasteiger partial charge in [0.2, 0.25) is 0 Å². The summed E-state index contributed by atoms with van der Waals surface area (Å²) in [5.74, 6) is 0. The van der Waals surface area contributed by atoms with Crippen LogP contribution < -0.4 is 4.90 Å². The minimum Gasteiger partial charge on any atom is -0.388 e. The molecule has 0 radical (unpaired) electrons. The van der Waals surface area contributed by atoms with Crippen molar-refractivity contribution < 1.29 is 9.53 Å². The van der Waals surface area contributed by atoms with E-state index in [1.165, 1.54) is 42.3 Å². The topological polar surface area (TPSA) is 47.4 Å². The van der Waals surface area contributed by atoms with Crippen molar-refractivity contribution in [3.8, 4) is 0 Å².